The van der Waals surface area contributed by atoms with Crippen molar-refractivity contribution in [3.63, 3.8) is 0 Å². The molecule has 7 heteroatoms. The number of rotatable bonds is 2. The number of carbonyl (C=O) groups excluding carboxylic acids is 2. The molecule has 96 valence electrons. The zero-order valence-corrected chi connectivity index (χ0v) is 9.76. The molecule has 1 fully saturated rings. The smallest absolute Gasteiger partial charge is 0.272 e. The van der Waals surface area contributed by atoms with Gasteiger partial charge in [0.25, 0.3) is 11.5 Å². The number of nitrogens with zero attached hydrogens (tertiary/aromatic N) is 2. The van der Waals surface area contributed by atoms with Crippen LogP contribution >= 0.6 is 0 Å². The Hall–Kier alpha value is -2.18. The summed E-state index contributed by atoms with van der Waals surface area (Å²) in [4.78, 5) is 41.9. The lowest BCUT2D eigenvalue weighted by Crippen LogP contribution is -2.42. The summed E-state index contributed by atoms with van der Waals surface area (Å²) >= 11 is 0. The first-order valence-electron chi connectivity index (χ1n) is 5.71. The van der Waals surface area contributed by atoms with Gasteiger partial charge in [0.1, 0.15) is 5.69 Å². The molecule has 1 aromatic heterocycles. The number of likely N-dealkylation sites (tertiary alicyclic amines) is 1. The van der Waals surface area contributed by atoms with Gasteiger partial charge in [-0.3, -0.25) is 14.4 Å². The topological polar surface area (TPSA) is 109 Å². The Morgan fingerprint density at radius 2 is 2.06 bits per heavy atom. The van der Waals surface area contributed by atoms with Crippen LogP contribution in [0.1, 0.15) is 23.3 Å². The number of carbonyl (C=O) groups is 2. The number of aromatic amines is 1. The lowest BCUT2D eigenvalue weighted by Gasteiger charge is -2.30. The minimum atomic E-state index is -0.361. The molecular formula is C11H14N4O3. The van der Waals surface area contributed by atoms with Gasteiger partial charge in [-0.25, -0.2) is 4.98 Å². The van der Waals surface area contributed by atoms with Crippen LogP contribution in [-0.2, 0) is 4.79 Å². The highest BCUT2D eigenvalue weighted by molar-refractivity contribution is 5.92. The molecule has 1 aliphatic rings. The van der Waals surface area contributed by atoms with Crippen molar-refractivity contribution >= 4 is 11.8 Å². The summed E-state index contributed by atoms with van der Waals surface area (Å²) in [6.45, 7) is 0.918. The second kappa shape index (κ2) is 4.99. The zero-order chi connectivity index (χ0) is 13.1. The van der Waals surface area contributed by atoms with E-state index in [1.165, 1.54) is 12.4 Å². The van der Waals surface area contributed by atoms with Crippen molar-refractivity contribution in [1.29, 1.82) is 0 Å². The van der Waals surface area contributed by atoms with Gasteiger partial charge in [0.2, 0.25) is 5.91 Å². The van der Waals surface area contributed by atoms with Gasteiger partial charge < -0.3 is 15.6 Å². The lowest BCUT2D eigenvalue weighted by atomic mass is 9.96. The zero-order valence-electron chi connectivity index (χ0n) is 9.76. The fourth-order valence-electron chi connectivity index (χ4n) is 2.01. The van der Waals surface area contributed by atoms with E-state index >= 15 is 0 Å². The number of piperidine rings is 1. The molecule has 0 unspecified atom stereocenters. The molecule has 2 amide bonds. The second-order valence-corrected chi connectivity index (χ2v) is 4.27. The first-order chi connectivity index (χ1) is 8.58. The Kier molecular flexibility index (Phi) is 3.40. The highest BCUT2D eigenvalue weighted by Crippen LogP contribution is 2.17. The summed E-state index contributed by atoms with van der Waals surface area (Å²) in [5.41, 5.74) is 4.98. The van der Waals surface area contributed by atoms with Crippen LogP contribution in [0.15, 0.2) is 17.2 Å². The maximum Gasteiger partial charge on any atom is 0.272 e. The number of hydrogen-bond donors (Lipinski definition) is 2. The van der Waals surface area contributed by atoms with E-state index in [1.54, 1.807) is 4.90 Å². The molecule has 2 heterocycles. The molecule has 0 aliphatic carbocycles. The van der Waals surface area contributed by atoms with Gasteiger partial charge in [0.05, 0.1) is 6.33 Å². The van der Waals surface area contributed by atoms with E-state index in [2.05, 4.69) is 9.97 Å². The van der Waals surface area contributed by atoms with Gasteiger partial charge in [-0.2, -0.15) is 0 Å². The molecule has 1 saturated heterocycles. The fraction of sp³-hybridized carbons (Fsp3) is 0.455. The molecule has 2 rings (SSSR count). The molecule has 0 aromatic carbocycles. The molecule has 3 N–H and O–H groups in total. The van der Waals surface area contributed by atoms with Gasteiger partial charge in [-0.1, -0.05) is 0 Å². The summed E-state index contributed by atoms with van der Waals surface area (Å²) in [5.74, 6) is -0.776. The quantitative estimate of drug-likeness (QED) is 0.709. The number of amides is 2. The average Bonchev–Trinajstić information content (AvgIpc) is 2.38. The molecule has 18 heavy (non-hydrogen) atoms. The number of nitrogens with two attached hydrogens (primary N) is 1. The van der Waals surface area contributed by atoms with Crippen LogP contribution < -0.4 is 11.3 Å². The highest BCUT2D eigenvalue weighted by Gasteiger charge is 2.26. The van der Waals surface area contributed by atoms with Crippen LogP contribution in [0.4, 0.5) is 0 Å². The monoisotopic (exact) mass is 250 g/mol. The number of nitrogens with one attached hydrogen (secondary N) is 1. The predicted molar refractivity (Wildman–Crippen MR) is 62.7 cm³/mol. The molecule has 1 aliphatic heterocycles. The number of primary amides is 1. The first kappa shape index (κ1) is 12.3. The van der Waals surface area contributed by atoms with Gasteiger partial charge >= 0.3 is 0 Å². The van der Waals surface area contributed by atoms with E-state index in [0.29, 0.717) is 25.9 Å². The van der Waals surface area contributed by atoms with Crippen LogP contribution in [0.5, 0.6) is 0 Å². The van der Waals surface area contributed by atoms with E-state index < -0.39 is 0 Å². The second-order valence-electron chi connectivity index (χ2n) is 4.27. The summed E-state index contributed by atoms with van der Waals surface area (Å²) in [7, 11) is 0. The molecule has 0 bridgehead atoms. The molecule has 0 saturated carbocycles. The van der Waals surface area contributed by atoms with Gasteiger partial charge in [0, 0.05) is 25.1 Å². The van der Waals surface area contributed by atoms with Crippen molar-refractivity contribution in [3.8, 4) is 0 Å². The number of hydrogen-bond acceptors (Lipinski definition) is 4. The van der Waals surface area contributed by atoms with E-state index in [0.717, 1.165) is 0 Å². The third-order valence-corrected chi connectivity index (χ3v) is 3.08. The van der Waals surface area contributed by atoms with E-state index in [-0.39, 0.29) is 29.0 Å². The van der Waals surface area contributed by atoms with Crippen molar-refractivity contribution in [3.05, 3.63) is 28.4 Å². The van der Waals surface area contributed by atoms with Crippen molar-refractivity contribution in [2.75, 3.05) is 13.1 Å². The van der Waals surface area contributed by atoms with E-state index in [9.17, 15) is 14.4 Å². The van der Waals surface area contributed by atoms with E-state index in [4.69, 9.17) is 5.73 Å². The average molecular weight is 250 g/mol. The molecule has 0 atom stereocenters. The molecule has 7 nitrogen and oxygen atoms in total. The normalized spacial score (nSPS) is 16.6. The number of aromatic nitrogens is 2. The van der Waals surface area contributed by atoms with Crippen LogP contribution in [0.25, 0.3) is 0 Å². The lowest BCUT2D eigenvalue weighted by molar-refractivity contribution is -0.123. The highest BCUT2D eigenvalue weighted by atomic mass is 16.2. The van der Waals surface area contributed by atoms with Gasteiger partial charge in [0.15, 0.2) is 0 Å². The Morgan fingerprint density at radius 1 is 1.39 bits per heavy atom. The first-order valence-corrected chi connectivity index (χ1v) is 5.71. The summed E-state index contributed by atoms with van der Waals surface area (Å²) in [6.07, 6.45) is 2.32. The maximum atomic E-state index is 12.0. The molecular weight excluding hydrogens is 236 g/mol. The third-order valence-electron chi connectivity index (χ3n) is 3.08. The fourth-order valence-corrected chi connectivity index (χ4v) is 2.01. The summed E-state index contributed by atoms with van der Waals surface area (Å²) < 4.78 is 0. The van der Waals surface area contributed by atoms with Crippen LogP contribution in [0, 0.1) is 5.92 Å². The Bertz CT molecular complexity index is 517. The van der Waals surface area contributed by atoms with Crippen molar-refractivity contribution < 1.29 is 9.59 Å². The molecule has 1 aromatic rings. The third kappa shape index (κ3) is 2.55. The Morgan fingerprint density at radius 3 is 2.61 bits per heavy atom. The Labute approximate surface area is 103 Å². The minimum Gasteiger partial charge on any atom is -0.369 e. The standard InChI is InChI=1S/C11H14N4O3/c12-10(17)7-1-3-15(4-2-7)11(18)8-5-9(16)14-6-13-8/h5-7H,1-4H2,(H2,12,17)(H,13,14,16). The predicted octanol–water partition coefficient (Wildman–Crippen LogP) is -0.893. The molecule has 0 radical (unpaired) electrons. The largest absolute Gasteiger partial charge is 0.369 e. The van der Waals surface area contributed by atoms with Gasteiger partial charge in [-0.15, -0.1) is 0 Å². The molecule has 0 spiro atoms. The van der Waals surface area contributed by atoms with Crippen LogP contribution in [-0.4, -0.2) is 39.8 Å². The SMILES string of the molecule is NC(=O)C1CCN(C(=O)c2cc(=O)[nH]cn2)CC1. The minimum absolute atomic E-state index is 0.122. The van der Waals surface area contributed by atoms with Crippen LogP contribution in [0.3, 0.4) is 0 Å². The Balaban J connectivity index is 2.04. The van der Waals surface area contributed by atoms with Gasteiger partial charge in [-0.05, 0) is 12.8 Å². The number of H-pyrrole nitrogens is 1. The van der Waals surface area contributed by atoms with Crippen molar-refractivity contribution in [2.45, 2.75) is 12.8 Å². The van der Waals surface area contributed by atoms with E-state index in [1.807, 2.05) is 0 Å². The maximum absolute atomic E-state index is 12.0. The van der Waals surface area contributed by atoms with Crippen molar-refractivity contribution in [1.82, 2.24) is 14.9 Å². The van der Waals surface area contributed by atoms with Crippen molar-refractivity contribution in [2.24, 2.45) is 11.7 Å². The summed E-state index contributed by atoms with van der Waals surface area (Å²) in [6, 6.07) is 1.17. The van der Waals surface area contributed by atoms with Crippen LogP contribution in [0.2, 0.25) is 0 Å². The summed E-state index contributed by atoms with van der Waals surface area (Å²) in [5, 5.41) is 0.